The molecule has 0 heterocycles. The summed E-state index contributed by atoms with van der Waals surface area (Å²) < 4.78 is 0.854. The normalized spacial score (nSPS) is 13.1. The highest BCUT2D eigenvalue weighted by Crippen LogP contribution is 2.25. The smallest absolute Gasteiger partial charge is 0.0958 e. The molecule has 0 aromatic carbocycles. The van der Waals surface area contributed by atoms with Crippen LogP contribution in [0, 0.1) is 0 Å². The van der Waals surface area contributed by atoms with E-state index in [1.165, 1.54) is 0 Å². The van der Waals surface area contributed by atoms with Gasteiger partial charge in [0.05, 0.1) is 16.1 Å². The van der Waals surface area contributed by atoms with Crippen molar-refractivity contribution in [3.05, 3.63) is 0 Å². The summed E-state index contributed by atoms with van der Waals surface area (Å²) in [7, 11) is -1.84. The molecule has 0 aromatic heterocycles. The Labute approximate surface area is 97.8 Å². The maximum absolute atomic E-state index is 3.84. The average molecular weight is 266 g/mol. The van der Waals surface area contributed by atoms with Gasteiger partial charge in [0.2, 0.25) is 0 Å². The van der Waals surface area contributed by atoms with Crippen molar-refractivity contribution in [1.82, 2.24) is 0 Å². The Morgan fingerprint density at radius 3 is 1.00 bits per heavy atom. The quantitative estimate of drug-likeness (QED) is 0.532. The van der Waals surface area contributed by atoms with Gasteiger partial charge in [0, 0.05) is 4.07 Å². The number of hydrogen-bond acceptors (Lipinski definition) is 0. The minimum absolute atomic E-state index is 0. The maximum atomic E-state index is 3.84. The molecule has 0 fully saturated rings. The molecule has 0 amide bonds. The molecule has 66 valence electrons. The zero-order valence-corrected chi connectivity index (χ0v) is 11.5. The number of rotatable bonds is 2. The molecule has 0 aliphatic heterocycles. The van der Waals surface area contributed by atoms with Gasteiger partial charge in [0.25, 0.3) is 0 Å². The Balaban J connectivity index is 0. The molecule has 0 atom stereocenters. The molecular formula is C7H21BrMgSi2. The lowest BCUT2D eigenvalue weighted by molar-refractivity contribution is 1.49. The Morgan fingerprint density at radius 1 is 0.818 bits per heavy atom. The van der Waals surface area contributed by atoms with Crippen molar-refractivity contribution in [2.24, 2.45) is 0 Å². The van der Waals surface area contributed by atoms with Crippen LogP contribution in [-0.2, 0) is 0 Å². The lowest BCUT2D eigenvalue weighted by Crippen LogP contribution is -2.49. The second-order valence-corrected chi connectivity index (χ2v) is 18.9. The minimum atomic E-state index is -0.918. The molecule has 0 rings (SSSR count). The molecule has 0 saturated carbocycles. The van der Waals surface area contributed by atoms with E-state index in [2.05, 4.69) is 55.2 Å². The molecule has 0 aliphatic rings. The summed E-state index contributed by atoms with van der Waals surface area (Å²) in [6.07, 6.45) is 0. The van der Waals surface area contributed by atoms with Gasteiger partial charge in [-0.2, -0.15) is 0 Å². The van der Waals surface area contributed by atoms with Crippen molar-refractivity contribution < 1.29 is 0 Å². The van der Waals surface area contributed by atoms with Gasteiger partial charge in [-0.1, -0.05) is 55.2 Å². The van der Waals surface area contributed by atoms with E-state index in [4.69, 9.17) is 0 Å². The Kier molecular flexibility index (Phi) is 6.60. The number of halogens is 1. The van der Waals surface area contributed by atoms with Crippen LogP contribution in [0.5, 0.6) is 0 Å². The molecule has 0 N–H and O–H groups in total. The summed E-state index contributed by atoms with van der Waals surface area (Å²) in [5.41, 5.74) is 0. The first-order valence-corrected chi connectivity index (χ1v) is 11.9. The van der Waals surface area contributed by atoms with E-state index in [-0.39, 0.29) is 23.1 Å². The van der Waals surface area contributed by atoms with Gasteiger partial charge in [0.15, 0.2) is 0 Å². The van der Waals surface area contributed by atoms with Crippen LogP contribution in [0.4, 0.5) is 0 Å². The predicted molar refractivity (Wildman–Crippen MR) is 68.0 cm³/mol. The molecule has 0 aliphatic carbocycles. The fourth-order valence-corrected chi connectivity index (χ4v) is 11.7. The number of hydrogen-bond donors (Lipinski definition) is 0. The Morgan fingerprint density at radius 2 is 1.00 bits per heavy atom. The third-order valence-electron chi connectivity index (χ3n) is 1.52. The molecule has 0 spiro atoms. The summed E-state index contributed by atoms with van der Waals surface area (Å²) in [5.74, 6) is 0. The molecule has 11 heavy (non-hydrogen) atoms. The largest absolute Gasteiger partial charge is 0.316 e. The number of alkyl halides is 1. The minimum Gasteiger partial charge on any atom is -0.0958 e. The SMILES string of the molecule is C[Si](C)(C)C(Br)[Si](C)(C)C.[MgH2]. The summed E-state index contributed by atoms with van der Waals surface area (Å²) >= 11 is 3.84. The van der Waals surface area contributed by atoms with Crippen molar-refractivity contribution >= 4 is 55.1 Å². The summed E-state index contributed by atoms with van der Waals surface area (Å²) in [5, 5.41) is 0. The second-order valence-electron chi connectivity index (χ2n) is 5.09. The van der Waals surface area contributed by atoms with Gasteiger partial charge in [-0.3, -0.25) is 0 Å². The van der Waals surface area contributed by atoms with Gasteiger partial charge >= 0.3 is 23.1 Å². The summed E-state index contributed by atoms with van der Waals surface area (Å²) in [6, 6.07) is 0. The first kappa shape index (κ1) is 15.2. The molecule has 0 unspecified atom stereocenters. The highest BCUT2D eigenvalue weighted by Gasteiger charge is 2.35. The topological polar surface area (TPSA) is 0 Å². The molecule has 4 heteroatoms. The van der Waals surface area contributed by atoms with Gasteiger partial charge < -0.3 is 0 Å². The first-order chi connectivity index (χ1) is 4.15. The summed E-state index contributed by atoms with van der Waals surface area (Å²) in [6.45, 7) is 14.6. The highest BCUT2D eigenvalue weighted by atomic mass is 79.9. The van der Waals surface area contributed by atoms with Crippen LogP contribution in [-0.4, -0.2) is 43.3 Å². The lowest BCUT2D eigenvalue weighted by Gasteiger charge is -2.33. The molecule has 0 bridgehead atoms. The molecule has 0 aromatic rings. The average Bonchev–Trinajstić information content (AvgIpc) is 1.59. The Hall–Kier alpha value is 1.68. The summed E-state index contributed by atoms with van der Waals surface area (Å²) in [4.78, 5) is 0. The van der Waals surface area contributed by atoms with Gasteiger partial charge in [-0.05, 0) is 0 Å². The highest BCUT2D eigenvalue weighted by molar-refractivity contribution is 9.10. The van der Waals surface area contributed by atoms with Crippen molar-refractivity contribution in [2.75, 3.05) is 0 Å². The van der Waals surface area contributed by atoms with Gasteiger partial charge in [-0.25, -0.2) is 0 Å². The van der Waals surface area contributed by atoms with Crippen LogP contribution in [0.25, 0.3) is 0 Å². The van der Waals surface area contributed by atoms with Crippen LogP contribution < -0.4 is 0 Å². The van der Waals surface area contributed by atoms with Crippen LogP contribution in [0.1, 0.15) is 0 Å². The maximum Gasteiger partial charge on any atom is 0.316 e. The molecular weight excluding hydrogens is 244 g/mol. The van der Waals surface area contributed by atoms with Gasteiger partial charge in [0.1, 0.15) is 0 Å². The van der Waals surface area contributed by atoms with E-state index in [0.29, 0.717) is 0 Å². The third-order valence-corrected chi connectivity index (χ3v) is 18.0. The lowest BCUT2D eigenvalue weighted by atomic mass is 11.7. The van der Waals surface area contributed by atoms with Crippen molar-refractivity contribution in [2.45, 2.75) is 43.4 Å². The van der Waals surface area contributed by atoms with Crippen LogP contribution in [0.2, 0.25) is 39.3 Å². The molecule has 0 radical (unpaired) electrons. The zero-order valence-electron chi connectivity index (χ0n) is 7.96. The monoisotopic (exact) mass is 264 g/mol. The van der Waals surface area contributed by atoms with Crippen LogP contribution in [0.3, 0.4) is 0 Å². The van der Waals surface area contributed by atoms with Crippen molar-refractivity contribution in [3.8, 4) is 0 Å². The third kappa shape index (κ3) is 5.85. The van der Waals surface area contributed by atoms with Crippen molar-refractivity contribution in [1.29, 1.82) is 0 Å². The fraction of sp³-hybridized carbons (Fsp3) is 1.00. The van der Waals surface area contributed by atoms with Crippen LogP contribution >= 0.6 is 15.9 Å². The van der Waals surface area contributed by atoms with E-state index in [1.54, 1.807) is 0 Å². The first-order valence-electron chi connectivity index (χ1n) is 3.80. The molecule has 0 nitrogen and oxygen atoms in total. The Bertz CT molecular complexity index is 101. The fourth-order valence-electron chi connectivity index (χ4n) is 1.30. The van der Waals surface area contributed by atoms with Gasteiger partial charge in [-0.15, -0.1) is 0 Å². The van der Waals surface area contributed by atoms with E-state index in [9.17, 15) is 0 Å². The van der Waals surface area contributed by atoms with E-state index < -0.39 is 16.1 Å². The van der Waals surface area contributed by atoms with Crippen molar-refractivity contribution in [3.63, 3.8) is 0 Å². The van der Waals surface area contributed by atoms with Crippen LogP contribution in [0.15, 0.2) is 0 Å². The van der Waals surface area contributed by atoms with E-state index >= 15 is 0 Å². The zero-order chi connectivity index (χ0) is 8.58. The predicted octanol–water partition coefficient (Wildman–Crippen LogP) is 2.59. The molecule has 0 saturated heterocycles. The van der Waals surface area contributed by atoms with E-state index in [0.717, 1.165) is 4.07 Å². The standard InChI is InChI=1S/C7H19BrSi2.Mg.2H/c1-9(2,3)7(8)10(4,5)6;;;/h7H,1-6H3;;;. The van der Waals surface area contributed by atoms with E-state index in [1.807, 2.05) is 0 Å². The second kappa shape index (κ2) is 4.79.